The van der Waals surface area contributed by atoms with Crippen molar-refractivity contribution in [1.29, 1.82) is 0 Å². The van der Waals surface area contributed by atoms with E-state index in [1.807, 2.05) is 0 Å². The van der Waals surface area contributed by atoms with Gasteiger partial charge in [0.05, 0.1) is 0 Å². The Balaban J connectivity index is 1.96. The summed E-state index contributed by atoms with van der Waals surface area (Å²) in [4.78, 5) is 2.32. The molecule has 3 heteroatoms. The molecule has 0 saturated heterocycles. The van der Waals surface area contributed by atoms with E-state index < -0.39 is 0 Å². The van der Waals surface area contributed by atoms with Gasteiger partial charge >= 0.3 is 0 Å². The van der Waals surface area contributed by atoms with Crippen LogP contribution in [0.5, 0.6) is 0 Å². The quantitative estimate of drug-likeness (QED) is 0.376. The van der Waals surface area contributed by atoms with Crippen molar-refractivity contribution >= 4 is 28.4 Å². The summed E-state index contributed by atoms with van der Waals surface area (Å²) in [6.07, 6.45) is 1.10. The second-order valence-corrected chi connectivity index (χ2v) is 10.4. The smallest absolute Gasteiger partial charge is 0.0463 e. The van der Waals surface area contributed by atoms with Crippen molar-refractivity contribution in [3.05, 3.63) is 78.4 Å². The second kappa shape index (κ2) is 10.1. The van der Waals surface area contributed by atoms with Crippen LogP contribution < -0.4 is 15.5 Å². The predicted molar refractivity (Wildman–Crippen MR) is 142 cm³/mol. The topological polar surface area (TPSA) is 27.3 Å². The van der Waals surface area contributed by atoms with E-state index in [0.29, 0.717) is 12.0 Å². The van der Waals surface area contributed by atoms with Crippen molar-refractivity contribution in [2.24, 2.45) is 5.92 Å². The zero-order chi connectivity index (χ0) is 23.3. The predicted octanol–water partition coefficient (Wildman–Crippen LogP) is 8.39. The van der Waals surface area contributed by atoms with Crippen LogP contribution in [0.1, 0.15) is 54.0 Å². The molecule has 0 spiro atoms. The molecule has 32 heavy (non-hydrogen) atoms. The Hall–Kier alpha value is -2.94. The van der Waals surface area contributed by atoms with Gasteiger partial charge in [0.2, 0.25) is 0 Å². The lowest BCUT2D eigenvalue weighted by molar-refractivity contribution is 0.634. The van der Waals surface area contributed by atoms with Gasteiger partial charge in [-0.05, 0) is 113 Å². The van der Waals surface area contributed by atoms with Gasteiger partial charge in [-0.2, -0.15) is 0 Å². The number of hydrogen-bond acceptors (Lipinski definition) is 3. The Morgan fingerprint density at radius 1 is 0.656 bits per heavy atom. The summed E-state index contributed by atoms with van der Waals surface area (Å²) in [5.74, 6) is 0.654. The maximum Gasteiger partial charge on any atom is 0.0463 e. The van der Waals surface area contributed by atoms with Gasteiger partial charge in [-0.15, -0.1) is 0 Å². The van der Waals surface area contributed by atoms with Gasteiger partial charge in [-0.3, -0.25) is 0 Å². The maximum absolute atomic E-state index is 3.55. The van der Waals surface area contributed by atoms with Crippen molar-refractivity contribution < 1.29 is 0 Å². The molecule has 0 aromatic heterocycles. The lowest BCUT2D eigenvalue weighted by Crippen LogP contribution is -2.25. The van der Waals surface area contributed by atoms with E-state index in [-0.39, 0.29) is 5.54 Å². The largest absolute Gasteiger partial charge is 0.383 e. The highest BCUT2D eigenvalue weighted by molar-refractivity contribution is 5.78. The van der Waals surface area contributed by atoms with Gasteiger partial charge in [0.15, 0.2) is 0 Å². The van der Waals surface area contributed by atoms with Crippen molar-refractivity contribution in [2.75, 3.05) is 15.5 Å². The van der Waals surface area contributed by atoms with E-state index in [1.165, 1.54) is 11.3 Å². The molecule has 3 nitrogen and oxygen atoms in total. The zero-order valence-electron chi connectivity index (χ0n) is 20.7. The highest BCUT2D eigenvalue weighted by Gasteiger charge is 2.14. The number of hydrogen-bond donors (Lipinski definition) is 2. The number of anilines is 5. The number of nitrogens with zero attached hydrogens (tertiary/aromatic N) is 1. The number of nitrogens with one attached hydrogen (secondary N) is 2. The Labute approximate surface area is 194 Å². The standard InChI is InChI=1S/C29H39N3/c1-21(2)20-23-8-14-26(15-9-23)32(27-16-10-24(11-17-27)30-22(3)4)28-18-12-25(13-19-28)31-29(5,6)7/h8-19,21-22,30-31H,20H2,1-7H3. The highest BCUT2D eigenvalue weighted by atomic mass is 15.1. The SMILES string of the molecule is CC(C)Cc1ccc(N(c2ccc(NC(C)C)cc2)c2ccc(NC(C)(C)C)cc2)cc1. The monoisotopic (exact) mass is 429 g/mol. The van der Waals surface area contributed by atoms with Crippen LogP contribution in [-0.4, -0.2) is 11.6 Å². The normalized spacial score (nSPS) is 11.7. The molecule has 0 heterocycles. The fourth-order valence-corrected chi connectivity index (χ4v) is 3.87. The minimum Gasteiger partial charge on any atom is -0.383 e. The molecular weight excluding hydrogens is 390 g/mol. The minimum absolute atomic E-state index is 0.0344. The lowest BCUT2D eigenvalue weighted by atomic mass is 10.0. The molecule has 0 fully saturated rings. The molecule has 3 aromatic rings. The van der Waals surface area contributed by atoms with Crippen LogP contribution in [0.3, 0.4) is 0 Å². The number of rotatable bonds is 8. The van der Waals surface area contributed by atoms with Gasteiger partial charge in [0, 0.05) is 40.0 Å². The maximum atomic E-state index is 3.55. The Morgan fingerprint density at radius 2 is 1.09 bits per heavy atom. The van der Waals surface area contributed by atoms with Crippen LogP contribution in [0.15, 0.2) is 72.8 Å². The van der Waals surface area contributed by atoms with Gasteiger partial charge < -0.3 is 15.5 Å². The third kappa shape index (κ3) is 6.78. The second-order valence-electron chi connectivity index (χ2n) is 10.4. The molecule has 0 aliphatic carbocycles. The number of benzene rings is 3. The molecule has 3 aromatic carbocycles. The summed E-state index contributed by atoms with van der Waals surface area (Å²) in [5, 5.41) is 7.03. The van der Waals surface area contributed by atoms with E-state index in [0.717, 1.165) is 29.2 Å². The summed E-state index contributed by atoms with van der Waals surface area (Å²) >= 11 is 0. The average Bonchev–Trinajstić information content (AvgIpc) is 2.70. The first-order valence-electron chi connectivity index (χ1n) is 11.7. The first kappa shape index (κ1) is 23.7. The van der Waals surface area contributed by atoms with Gasteiger partial charge in [0.25, 0.3) is 0 Å². The third-order valence-electron chi connectivity index (χ3n) is 5.06. The van der Waals surface area contributed by atoms with Crippen LogP contribution in [0.4, 0.5) is 28.4 Å². The summed E-state index contributed by atoms with van der Waals surface area (Å²) in [6, 6.07) is 26.8. The molecule has 0 aliphatic rings. The van der Waals surface area contributed by atoms with Crippen LogP contribution >= 0.6 is 0 Å². The zero-order valence-corrected chi connectivity index (χ0v) is 20.7. The van der Waals surface area contributed by atoms with Gasteiger partial charge in [-0.1, -0.05) is 26.0 Å². The van der Waals surface area contributed by atoms with Crippen molar-refractivity contribution in [2.45, 2.75) is 66.5 Å². The van der Waals surface area contributed by atoms with E-state index in [9.17, 15) is 0 Å². The Kier molecular flexibility index (Phi) is 7.50. The van der Waals surface area contributed by atoms with Crippen LogP contribution in [0, 0.1) is 5.92 Å². The Bertz CT molecular complexity index is 909. The molecule has 2 N–H and O–H groups in total. The fraction of sp³-hybridized carbons (Fsp3) is 0.379. The minimum atomic E-state index is 0.0344. The molecule has 0 saturated carbocycles. The summed E-state index contributed by atoms with van der Waals surface area (Å²) in [5.41, 5.74) is 7.14. The molecule has 0 aliphatic heterocycles. The summed E-state index contributed by atoms with van der Waals surface area (Å²) in [7, 11) is 0. The van der Waals surface area contributed by atoms with E-state index in [4.69, 9.17) is 0 Å². The lowest BCUT2D eigenvalue weighted by Gasteiger charge is -2.27. The van der Waals surface area contributed by atoms with Crippen LogP contribution in [0.25, 0.3) is 0 Å². The molecule has 0 atom stereocenters. The summed E-state index contributed by atoms with van der Waals surface area (Å²) < 4.78 is 0. The fourth-order valence-electron chi connectivity index (χ4n) is 3.87. The molecule has 0 amide bonds. The van der Waals surface area contributed by atoms with Gasteiger partial charge in [0.1, 0.15) is 0 Å². The molecule has 3 rings (SSSR count). The average molecular weight is 430 g/mol. The van der Waals surface area contributed by atoms with E-state index >= 15 is 0 Å². The van der Waals surface area contributed by atoms with Gasteiger partial charge in [-0.25, -0.2) is 0 Å². The summed E-state index contributed by atoms with van der Waals surface area (Å²) in [6.45, 7) is 15.4. The van der Waals surface area contributed by atoms with E-state index in [2.05, 4.69) is 137 Å². The molecule has 0 radical (unpaired) electrons. The van der Waals surface area contributed by atoms with Crippen molar-refractivity contribution in [1.82, 2.24) is 0 Å². The van der Waals surface area contributed by atoms with Crippen molar-refractivity contribution in [3.63, 3.8) is 0 Å². The highest BCUT2D eigenvalue weighted by Crippen LogP contribution is 2.36. The molecular formula is C29H39N3. The van der Waals surface area contributed by atoms with E-state index in [1.54, 1.807) is 0 Å². The first-order chi connectivity index (χ1) is 15.1. The third-order valence-corrected chi connectivity index (χ3v) is 5.06. The Morgan fingerprint density at radius 3 is 1.50 bits per heavy atom. The van der Waals surface area contributed by atoms with Crippen molar-refractivity contribution in [3.8, 4) is 0 Å². The first-order valence-corrected chi connectivity index (χ1v) is 11.7. The molecule has 0 bridgehead atoms. The van der Waals surface area contributed by atoms with Crippen LogP contribution in [-0.2, 0) is 6.42 Å². The van der Waals surface area contributed by atoms with Crippen LogP contribution in [0.2, 0.25) is 0 Å². The molecule has 0 unspecified atom stereocenters. The molecule has 170 valence electrons.